The van der Waals surface area contributed by atoms with Gasteiger partial charge in [0.1, 0.15) is 5.03 Å². The van der Waals surface area contributed by atoms with Gasteiger partial charge in [-0.2, -0.15) is 0 Å². The van der Waals surface area contributed by atoms with Gasteiger partial charge in [-0.15, -0.1) is 5.10 Å². The van der Waals surface area contributed by atoms with Gasteiger partial charge in [0, 0.05) is 12.2 Å². The normalized spacial score (nSPS) is 17.5. The van der Waals surface area contributed by atoms with Crippen LogP contribution in [0, 0.1) is 0 Å². The first-order valence-electron chi connectivity index (χ1n) is 6.91. The van der Waals surface area contributed by atoms with E-state index in [4.69, 9.17) is 5.73 Å². The van der Waals surface area contributed by atoms with Crippen molar-refractivity contribution in [2.45, 2.75) is 54.9 Å². The molecule has 2 aromatic heterocycles. The molecular weight excluding hydrogens is 272 g/mol. The van der Waals surface area contributed by atoms with Crippen molar-refractivity contribution < 1.29 is 0 Å². The lowest BCUT2D eigenvalue weighted by molar-refractivity contribution is 0.423. The van der Waals surface area contributed by atoms with Crippen molar-refractivity contribution in [2.75, 3.05) is 0 Å². The Morgan fingerprint density at radius 1 is 1.40 bits per heavy atom. The zero-order valence-corrected chi connectivity index (χ0v) is 12.3. The molecule has 7 heteroatoms. The molecule has 2 heterocycles. The molecule has 20 heavy (non-hydrogen) atoms. The molecule has 0 saturated heterocycles. The van der Waals surface area contributed by atoms with E-state index in [1.807, 2.05) is 23.7 Å². The molecule has 2 aromatic rings. The van der Waals surface area contributed by atoms with Gasteiger partial charge < -0.3 is 5.73 Å². The Balaban J connectivity index is 1.81. The Hall–Kier alpha value is -1.47. The molecular formula is C13H18N6S. The molecule has 0 amide bonds. The second kappa shape index (κ2) is 5.88. The van der Waals surface area contributed by atoms with E-state index >= 15 is 0 Å². The van der Waals surface area contributed by atoms with Crippen molar-refractivity contribution >= 4 is 11.8 Å². The van der Waals surface area contributed by atoms with Crippen molar-refractivity contribution in [3.63, 3.8) is 0 Å². The molecule has 1 saturated carbocycles. The highest BCUT2D eigenvalue weighted by atomic mass is 32.2. The van der Waals surface area contributed by atoms with Crippen molar-refractivity contribution in [2.24, 2.45) is 5.73 Å². The third-order valence-corrected chi connectivity index (χ3v) is 4.50. The van der Waals surface area contributed by atoms with E-state index in [-0.39, 0.29) is 6.04 Å². The van der Waals surface area contributed by atoms with Crippen LogP contribution in [-0.2, 0) is 0 Å². The van der Waals surface area contributed by atoms with Crippen LogP contribution in [0.3, 0.4) is 0 Å². The Labute approximate surface area is 122 Å². The highest BCUT2D eigenvalue weighted by Crippen LogP contribution is 2.33. The van der Waals surface area contributed by atoms with E-state index in [0.717, 1.165) is 28.6 Å². The highest BCUT2D eigenvalue weighted by molar-refractivity contribution is 7.99. The maximum Gasteiger partial charge on any atom is 0.215 e. The van der Waals surface area contributed by atoms with E-state index in [1.165, 1.54) is 24.6 Å². The molecule has 0 aliphatic heterocycles. The molecule has 0 radical (unpaired) electrons. The number of hydrogen-bond donors (Lipinski definition) is 1. The van der Waals surface area contributed by atoms with Crippen LogP contribution in [0.4, 0.5) is 0 Å². The molecule has 0 spiro atoms. The van der Waals surface area contributed by atoms with E-state index in [1.54, 1.807) is 6.20 Å². The molecule has 0 unspecified atom stereocenters. The van der Waals surface area contributed by atoms with Gasteiger partial charge in [0.05, 0.1) is 6.04 Å². The lowest BCUT2D eigenvalue weighted by Crippen LogP contribution is -2.08. The summed E-state index contributed by atoms with van der Waals surface area (Å²) in [6, 6.07) is 4.38. The molecule has 1 fully saturated rings. The van der Waals surface area contributed by atoms with E-state index in [0.29, 0.717) is 6.04 Å². The summed E-state index contributed by atoms with van der Waals surface area (Å²) in [7, 11) is 0. The lowest BCUT2D eigenvalue weighted by atomic mass is 10.1. The number of aromatic nitrogens is 5. The topological polar surface area (TPSA) is 82.5 Å². The summed E-state index contributed by atoms with van der Waals surface area (Å²) >= 11 is 1.50. The lowest BCUT2D eigenvalue weighted by Gasteiger charge is -2.11. The van der Waals surface area contributed by atoms with Gasteiger partial charge in [-0.25, -0.2) is 9.67 Å². The second-order valence-corrected chi connectivity index (χ2v) is 6.15. The van der Waals surface area contributed by atoms with Crippen LogP contribution in [-0.4, -0.2) is 25.2 Å². The molecule has 1 aliphatic rings. The minimum atomic E-state index is 0.00294. The van der Waals surface area contributed by atoms with Gasteiger partial charge in [-0.05, 0) is 59.7 Å². The summed E-state index contributed by atoms with van der Waals surface area (Å²) in [5.74, 6) is 0. The molecule has 1 aliphatic carbocycles. The Bertz CT molecular complexity index is 576. The van der Waals surface area contributed by atoms with E-state index in [9.17, 15) is 0 Å². The number of nitrogens with zero attached hydrogens (tertiary/aromatic N) is 5. The zero-order valence-electron chi connectivity index (χ0n) is 11.4. The number of hydrogen-bond acceptors (Lipinski definition) is 6. The second-order valence-electron chi connectivity index (χ2n) is 5.16. The van der Waals surface area contributed by atoms with Gasteiger partial charge in [0.15, 0.2) is 0 Å². The van der Waals surface area contributed by atoms with Crippen molar-refractivity contribution in [1.82, 2.24) is 25.2 Å². The Morgan fingerprint density at radius 3 is 2.95 bits per heavy atom. The molecule has 1 atom stereocenters. The summed E-state index contributed by atoms with van der Waals surface area (Å²) in [6.07, 6.45) is 6.61. The average molecular weight is 290 g/mol. The molecule has 2 N–H and O–H groups in total. The van der Waals surface area contributed by atoms with Crippen molar-refractivity contribution in [1.29, 1.82) is 0 Å². The van der Waals surface area contributed by atoms with Crippen LogP contribution in [0.5, 0.6) is 0 Å². The zero-order chi connectivity index (χ0) is 13.9. The average Bonchev–Trinajstić information content (AvgIpc) is 3.09. The minimum Gasteiger partial charge on any atom is -0.324 e. The fourth-order valence-electron chi connectivity index (χ4n) is 2.49. The van der Waals surface area contributed by atoms with Gasteiger partial charge in [0.2, 0.25) is 5.16 Å². The largest absolute Gasteiger partial charge is 0.324 e. The summed E-state index contributed by atoms with van der Waals surface area (Å²) in [6.45, 7) is 1.96. The quantitative estimate of drug-likeness (QED) is 0.930. The molecule has 0 aromatic carbocycles. The summed E-state index contributed by atoms with van der Waals surface area (Å²) < 4.78 is 1.94. The summed E-state index contributed by atoms with van der Waals surface area (Å²) in [4.78, 5) is 4.36. The van der Waals surface area contributed by atoms with Gasteiger partial charge in [-0.1, -0.05) is 12.8 Å². The molecule has 0 bridgehead atoms. The van der Waals surface area contributed by atoms with Crippen molar-refractivity contribution in [3.05, 3.63) is 23.9 Å². The minimum absolute atomic E-state index is 0.00294. The predicted molar refractivity (Wildman–Crippen MR) is 76.3 cm³/mol. The predicted octanol–water partition coefficient (Wildman–Crippen LogP) is 2.35. The third kappa shape index (κ3) is 2.83. The van der Waals surface area contributed by atoms with Crippen LogP contribution in [0.1, 0.15) is 50.3 Å². The first kappa shape index (κ1) is 13.5. The third-order valence-electron chi connectivity index (χ3n) is 3.61. The van der Waals surface area contributed by atoms with Crippen LogP contribution in [0.25, 0.3) is 0 Å². The van der Waals surface area contributed by atoms with E-state index in [2.05, 4.69) is 20.5 Å². The van der Waals surface area contributed by atoms with Crippen LogP contribution < -0.4 is 5.73 Å². The number of nitrogens with two attached hydrogens (primary N) is 1. The standard InChI is InChI=1S/C13H18N6S/c1-9(14)10-6-7-15-12(8-10)20-13-16-17-18-19(13)11-4-2-3-5-11/h6-9,11H,2-5,14H2,1H3/t9-/m1/s1. The van der Waals surface area contributed by atoms with Crippen LogP contribution >= 0.6 is 11.8 Å². The summed E-state index contributed by atoms with van der Waals surface area (Å²) in [5.41, 5.74) is 6.97. The SMILES string of the molecule is C[C@@H](N)c1ccnc(Sc2nnnn2C2CCCC2)c1. The maximum atomic E-state index is 5.90. The van der Waals surface area contributed by atoms with Crippen molar-refractivity contribution in [3.8, 4) is 0 Å². The fraction of sp³-hybridized carbons (Fsp3) is 0.538. The van der Waals surface area contributed by atoms with Crippen LogP contribution in [0.15, 0.2) is 28.5 Å². The van der Waals surface area contributed by atoms with Gasteiger partial charge >= 0.3 is 0 Å². The molecule has 106 valence electrons. The van der Waals surface area contributed by atoms with E-state index < -0.39 is 0 Å². The number of rotatable bonds is 4. The summed E-state index contributed by atoms with van der Waals surface area (Å²) in [5, 5.41) is 13.8. The smallest absolute Gasteiger partial charge is 0.215 e. The molecule has 6 nitrogen and oxygen atoms in total. The molecule has 3 rings (SSSR count). The maximum absolute atomic E-state index is 5.90. The number of tetrazole rings is 1. The Kier molecular flexibility index (Phi) is 3.98. The highest BCUT2D eigenvalue weighted by Gasteiger charge is 2.22. The first-order chi connectivity index (χ1) is 9.74. The van der Waals surface area contributed by atoms with Gasteiger partial charge in [-0.3, -0.25) is 0 Å². The first-order valence-corrected chi connectivity index (χ1v) is 7.73. The number of pyridine rings is 1. The van der Waals surface area contributed by atoms with Crippen LogP contribution in [0.2, 0.25) is 0 Å². The Morgan fingerprint density at radius 2 is 2.20 bits per heavy atom. The fourth-order valence-corrected chi connectivity index (χ4v) is 3.34. The van der Waals surface area contributed by atoms with Gasteiger partial charge in [0.25, 0.3) is 0 Å². The monoisotopic (exact) mass is 290 g/mol.